The van der Waals surface area contributed by atoms with Crippen molar-refractivity contribution in [3.8, 4) is 0 Å². The van der Waals surface area contributed by atoms with Crippen LogP contribution in [0.25, 0.3) is 0 Å². The summed E-state index contributed by atoms with van der Waals surface area (Å²) in [6.45, 7) is 4.50. The fourth-order valence-corrected chi connectivity index (χ4v) is 1.19. The van der Waals surface area contributed by atoms with Crippen molar-refractivity contribution in [2.45, 2.75) is 26.8 Å². The standard InChI is InChI=1S/C9H12N4O/c1-3-9-10-8(12-14-9)6-13-5-4-7(2)11-13/h4-5H,3,6H2,1-2H3. The number of aryl methyl sites for hydroxylation is 2. The highest BCUT2D eigenvalue weighted by molar-refractivity contribution is 4.96. The zero-order valence-electron chi connectivity index (χ0n) is 8.27. The van der Waals surface area contributed by atoms with E-state index in [4.69, 9.17) is 4.52 Å². The molecule has 2 aromatic heterocycles. The first-order valence-electron chi connectivity index (χ1n) is 4.59. The highest BCUT2D eigenvalue weighted by Gasteiger charge is 2.05. The summed E-state index contributed by atoms with van der Waals surface area (Å²) in [7, 11) is 0. The lowest BCUT2D eigenvalue weighted by Crippen LogP contribution is -2.02. The van der Waals surface area contributed by atoms with Crippen LogP contribution in [0.4, 0.5) is 0 Å². The van der Waals surface area contributed by atoms with Gasteiger partial charge in [0.15, 0.2) is 5.82 Å². The summed E-state index contributed by atoms with van der Waals surface area (Å²) in [6.07, 6.45) is 2.67. The van der Waals surface area contributed by atoms with E-state index >= 15 is 0 Å². The molecule has 0 amide bonds. The van der Waals surface area contributed by atoms with E-state index in [0.717, 1.165) is 12.1 Å². The molecule has 2 heterocycles. The Labute approximate surface area is 81.7 Å². The molecule has 0 spiro atoms. The van der Waals surface area contributed by atoms with Crippen LogP contribution in [0.1, 0.15) is 24.3 Å². The van der Waals surface area contributed by atoms with Gasteiger partial charge in [-0.25, -0.2) is 0 Å². The normalized spacial score (nSPS) is 10.7. The first-order valence-corrected chi connectivity index (χ1v) is 4.59. The zero-order chi connectivity index (χ0) is 9.97. The summed E-state index contributed by atoms with van der Waals surface area (Å²) in [6, 6.07) is 1.95. The largest absolute Gasteiger partial charge is 0.339 e. The first kappa shape index (κ1) is 8.93. The molecule has 0 atom stereocenters. The Bertz CT molecular complexity index is 418. The predicted octanol–water partition coefficient (Wildman–Crippen LogP) is 1.19. The van der Waals surface area contributed by atoms with Crippen molar-refractivity contribution >= 4 is 0 Å². The summed E-state index contributed by atoms with van der Waals surface area (Å²) in [4.78, 5) is 4.19. The molecule has 0 saturated heterocycles. The molecule has 0 bridgehead atoms. The van der Waals surface area contributed by atoms with E-state index < -0.39 is 0 Å². The fourth-order valence-electron chi connectivity index (χ4n) is 1.19. The molecule has 2 aromatic rings. The summed E-state index contributed by atoms with van der Waals surface area (Å²) in [5.41, 5.74) is 0.990. The second-order valence-corrected chi connectivity index (χ2v) is 3.11. The lowest BCUT2D eigenvalue weighted by Gasteiger charge is -1.93. The van der Waals surface area contributed by atoms with E-state index in [2.05, 4.69) is 15.2 Å². The molecule has 5 nitrogen and oxygen atoms in total. The van der Waals surface area contributed by atoms with Gasteiger partial charge >= 0.3 is 0 Å². The smallest absolute Gasteiger partial charge is 0.226 e. The third-order valence-corrected chi connectivity index (χ3v) is 1.89. The van der Waals surface area contributed by atoms with E-state index in [1.54, 1.807) is 4.68 Å². The second-order valence-electron chi connectivity index (χ2n) is 3.11. The molecule has 0 unspecified atom stereocenters. The highest BCUT2D eigenvalue weighted by atomic mass is 16.5. The van der Waals surface area contributed by atoms with Crippen LogP contribution in [0, 0.1) is 6.92 Å². The maximum atomic E-state index is 4.99. The molecule has 0 aromatic carbocycles. The maximum Gasteiger partial charge on any atom is 0.226 e. The van der Waals surface area contributed by atoms with E-state index in [-0.39, 0.29) is 0 Å². The lowest BCUT2D eigenvalue weighted by molar-refractivity contribution is 0.374. The molecule has 0 radical (unpaired) electrons. The van der Waals surface area contributed by atoms with Gasteiger partial charge in [0.05, 0.1) is 5.69 Å². The van der Waals surface area contributed by atoms with Crippen molar-refractivity contribution in [2.24, 2.45) is 0 Å². The van der Waals surface area contributed by atoms with Gasteiger partial charge in [0.1, 0.15) is 6.54 Å². The average molecular weight is 192 g/mol. The lowest BCUT2D eigenvalue weighted by atomic mass is 10.5. The van der Waals surface area contributed by atoms with E-state index in [9.17, 15) is 0 Å². The van der Waals surface area contributed by atoms with Crippen molar-refractivity contribution in [1.29, 1.82) is 0 Å². The molecule has 14 heavy (non-hydrogen) atoms. The number of nitrogens with zero attached hydrogens (tertiary/aromatic N) is 4. The van der Waals surface area contributed by atoms with Gasteiger partial charge in [-0.1, -0.05) is 12.1 Å². The van der Waals surface area contributed by atoms with E-state index in [1.165, 1.54) is 0 Å². The topological polar surface area (TPSA) is 56.7 Å². The van der Waals surface area contributed by atoms with E-state index in [0.29, 0.717) is 18.3 Å². The fraction of sp³-hybridized carbons (Fsp3) is 0.444. The van der Waals surface area contributed by atoms with Crippen LogP contribution >= 0.6 is 0 Å². The van der Waals surface area contributed by atoms with Crippen molar-refractivity contribution in [1.82, 2.24) is 19.9 Å². The van der Waals surface area contributed by atoms with E-state index in [1.807, 2.05) is 26.1 Å². The maximum absolute atomic E-state index is 4.99. The van der Waals surface area contributed by atoms with Crippen molar-refractivity contribution in [3.63, 3.8) is 0 Å². The molecule has 0 N–H and O–H groups in total. The van der Waals surface area contributed by atoms with Gasteiger partial charge in [-0.2, -0.15) is 10.1 Å². The molecule has 2 rings (SSSR count). The Kier molecular flexibility index (Phi) is 2.30. The molecular weight excluding hydrogens is 180 g/mol. The van der Waals surface area contributed by atoms with Crippen LogP contribution in [-0.2, 0) is 13.0 Å². The minimum Gasteiger partial charge on any atom is -0.339 e. The average Bonchev–Trinajstić information content (AvgIpc) is 2.76. The Balaban J connectivity index is 2.10. The number of aromatic nitrogens is 4. The van der Waals surface area contributed by atoms with Crippen molar-refractivity contribution in [2.75, 3.05) is 0 Å². The molecule has 0 aliphatic carbocycles. The zero-order valence-corrected chi connectivity index (χ0v) is 8.27. The van der Waals surface area contributed by atoms with Gasteiger partial charge < -0.3 is 4.52 Å². The van der Waals surface area contributed by atoms with Crippen molar-refractivity contribution in [3.05, 3.63) is 29.7 Å². The minimum absolute atomic E-state index is 0.567. The number of hydrogen-bond donors (Lipinski definition) is 0. The second kappa shape index (κ2) is 3.61. The summed E-state index contributed by atoms with van der Waals surface area (Å²) < 4.78 is 6.78. The Morgan fingerprint density at radius 3 is 2.93 bits per heavy atom. The van der Waals surface area contributed by atoms with Crippen LogP contribution in [0.5, 0.6) is 0 Å². The molecule has 0 saturated carbocycles. The summed E-state index contributed by atoms with van der Waals surface area (Å²) >= 11 is 0. The van der Waals surface area contributed by atoms with Gasteiger partial charge in [0, 0.05) is 12.6 Å². The Morgan fingerprint density at radius 2 is 2.36 bits per heavy atom. The monoisotopic (exact) mass is 192 g/mol. The minimum atomic E-state index is 0.567. The quantitative estimate of drug-likeness (QED) is 0.732. The SMILES string of the molecule is CCc1nc(Cn2ccc(C)n2)no1. The molecule has 0 fully saturated rings. The van der Waals surface area contributed by atoms with Gasteiger partial charge in [0.2, 0.25) is 5.89 Å². The third-order valence-electron chi connectivity index (χ3n) is 1.89. The molecule has 5 heteroatoms. The van der Waals surface area contributed by atoms with Gasteiger partial charge in [-0.3, -0.25) is 4.68 Å². The Hall–Kier alpha value is -1.65. The Morgan fingerprint density at radius 1 is 1.50 bits per heavy atom. The van der Waals surface area contributed by atoms with Crippen LogP contribution in [0.3, 0.4) is 0 Å². The predicted molar refractivity (Wildman–Crippen MR) is 49.7 cm³/mol. The van der Waals surface area contributed by atoms with Crippen molar-refractivity contribution < 1.29 is 4.52 Å². The third kappa shape index (κ3) is 1.81. The van der Waals surface area contributed by atoms with Crippen LogP contribution < -0.4 is 0 Å². The van der Waals surface area contributed by atoms with Crippen LogP contribution in [0.2, 0.25) is 0 Å². The van der Waals surface area contributed by atoms with Gasteiger partial charge in [0.25, 0.3) is 0 Å². The van der Waals surface area contributed by atoms with Crippen LogP contribution in [-0.4, -0.2) is 19.9 Å². The summed E-state index contributed by atoms with van der Waals surface area (Å²) in [5, 5.41) is 8.08. The molecule has 0 aliphatic rings. The van der Waals surface area contributed by atoms with Gasteiger partial charge in [-0.05, 0) is 13.0 Å². The molecule has 74 valence electrons. The van der Waals surface area contributed by atoms with Gasteiger partial charge in [-0.15, -0.1) is 0 Å². The molecule has 0 aliphatic heterocycles. The molecular formula is C9H12N4O. The summed E-state index contributed by atoms with van der Waals surface area (Å²) in [5.74, 6) is 1.34. The highest BCUT2D eigenvalue weighted by Crippen LogP contribution is 2.01. The number of hydrogen-bond acceptors (Lipinski definition) is 4. The van der Waals surface area contributed by atoms with Crippen LogP contribution in [0.15, 0.2) is 16.8 Å². The number of rotatable bonds is 3. The first-order chi connectivity index (χ1) is 6.78.